The van der Waals surface area contributed by atoms with E-state index in [1.54, 1.807) is 0 Å². The summed E-state index contributed by atoms with van der Waals surface area (Å²) >= 11 is 3.24. The molecule has 0 aliphatic rings. The van der Waals surface area contributed by atoms with Gasteiger partial charge in [-0.2, -0.15) is 0 Å². The molecule has 0 radical (unpaired) electrons. The molecule has 0 aromatic carbocycles. The predicted molar refractivity (Wildman–Crippen MR) is 44.2 cm³/mol. The van der Waals surface area contributed by atoms with Crippen LogP contribution in [0.2, 0.25) is 0 Å². The van der Waals surface area contributed by atoms with Crippen LogP contribution in [-0.2, 0) is 9.53 Å². The zero-order chi connectivity index (χ0) is 7.82. The molecule has 0 saturated carbocycles. The van der Waals surface area contributed by atoms with E-state index in [1.807, 2.05) is 12.2 Å². The van der Waals surface area contributed by atoms with Crippen molar-refractivity contribution in [2.24, 2.45) is 0 Å². The van der Waals surface area contributed by atoms with Gasteiger partial charge in [0.2, 0.25) is 0 Å². The third kappa shape index (κ3) is 7.69. The van der Waals surface area contributed by atoms with Gasteiger partial charge in [0.25, 0.3) is 0 Å². The number of carbonyl (C=O) groups is 1. The van der Waals surface area contributed by atoms with Crippen molar-refractivity contribution in [2.75, 3.05) is 11.9 Å². The van der Waals surface area contributed by atoms with E-state index >= 15 is 0 Å². The third-order valence-electron chi connectivity index (χ3n) is 0.846. The lowest BCUT2D eigenvalue weighted by Gasteiger charge is -1.95. The molecule has 0 aromatic rings. The van der Waals surface area contributed by atoms with Gasteiger partial charge >= 0.3 is 5.97 Å². The van der Waals surface area contributed by atoms with E-state index in [0.717, 1.165) is 11.8 Å². The molecule has 0 aromatic heterocycles. The molecule has 0 N–H and O–H groups in total. The maximum atomic E-state index is 10.2. The van der Waals surface area contributed by atoms with E-state index in [-0.39, 0.29) is 5.97 Å². The standard InChI is InChI=1S/C7H11BrO2/c1-7(9)10-6-4-2-3-5-8/h2-3H,4-6H2,1H3/b3-2+. The van der Waals surface area contributed by atoms with Gasteiger partial charge in [0.05, 0.1) is 6.61 Å². The molecule has 0 aliphatic carbocycles. The minimum absolute atomic E-state index is 0.216. The summed E-state index contributed by atoms with van der Waals surface area (Å²) in [5.74, 6) is -0.216. The van der Waals surface area contributed by atoms with Crippen LogP contribution in [0.4, 0.5) is 0 Å². The molecule has 0 heterocycles. The van der Waals surface area contributed by atoms with Crippen molar-refractivity contribution in [2.45, 2.75) is 13.3 Å². The number of rotatable bonds is 4. The molecule has 0 amide bonds. The number of ether oxygens (including phenoxy) is 1. The van der Waals surface area contributed by atoms with Gasteiger partial charge in [-0.05, 0) is 6.42 Å². The molecule has 2 nitrogen and oxygen atoms in total. The summed E-state index contributed by atoms with van der Waals surface area (Å²) in [4.78, 5) is 10.2. The molecule has 0 spiro atoms. The highest BCUT2D eigenvalue weighted by atomic mass is 79.9. The molecule has 0 atom stereocenters. The Hall–Kier alpha value is -0.310. The number of carbonyl (C=O) groups excluding carboxylic acids is 1. The predicted octanol–water partition coefficient (Wildman–Crippen LogP) is 1.89. The Balaban J connectivity index is 3.05. The molecule has 0 rings (SSSR count). The second-order valence-corrected chi connectivity index (χ2v) is 2.40. The van der Waals surface area contributed by atoms with E-state index in [2.05, 4.69) is 20.7 Å². The monoisotopic (exact) mass is 206 g/mol. The van der Waals surface area contributed by atoms with Crippen molar-refractivity contribution >= 4 is 21.9 Å². The van der Waals surface area contributed by atoms with Crippen molar-refractivity contribution in [3.05, 3.63) is 12.2 Å². The first-order valence-corrected chi connectivity index (χ1v) is 4.24. The number of allylic oxidation sites excluding steroid dienone is 1. The quantitative estimate of drug-likeness (QED) is 0.304. The van der Waals surface area contributed by atoms with Gasteiger partial charge in [-0.15, -0.1) is 0 Å². The van der Waals surface area contributed by atoms with Crippen LogP contribution in [0.25, 0.3) is 0 Å². The van der Waals surface area contributed by atoms with Crippen LogP contribution in [0, 0.1) is 0 Å². The van der Waals surface area contributed by atoms with E-state index in [9.17, 15) is 4.79 Å². The summed E-state index contributed by atoms with van der Waals surface area (Å²) in [6.45, 7) is 1.90. The van der Waals surface area contributed by atoms with Crippen molar-refractivity contribution in [3.8, 4) is 0 Å². The topological polar surface area (TPSA) is 26.3 Å². The van der Waals surface area contributed by atoms with Gasteiger partial charge in [-0.25, -0.2) is 0 Å². The van der Waals surface area contributed by atoms with E-state index < -0.39 is 0 Å². The van der Waals surface area contributed by atoms with Crippen molar-refractivity contribution in [1.29, 1.82) is 0 Å². The lowest BCUT2D eigenvalue weighted by molar-refractivity contribution is -0.140. The average Bonchev–Trinajstić information content (AvgIpc) is 1.87. The zero-order valence-corrected chi connectivity index (χ0v) is 7.56. The molecular weight excluding hydrogens is 196 g/mol. The first-order valence-electron chi connectivity index (χ1n) is 3.11. The van der Waals surface area contributed by atoms with Crippen LogP contribution >= 0.6 is 15.9 Å². The molecule has 0 unspecified atom stereocenters. The van der Waals surface area contributed by atoms with Crippen LogP contribution in [0.15, 0.2) is 12.2 Å². The summed E-state index contributed by atoms with van der Waals surface area (Å²) in [5, 5.41) is 0.854. The van der Waals surface area contributed by atoms with Crippen LogP contribution in [0.3, 0.4) is 0 Å². The molecule has 58 valence electrons. The Morgan fingerprint density at radius 3 is 2.80 bits per heavy atom. The van der Waals surface area contributed by atoms with Crippen LogP contribution in [0.5, 0.6) is 0 Å². The molecule has 10 heavy (non-hydrogen) atoms. The number of halogens is 1. The second kappa shape index (κ2) is 6.81. The molecular formula is C7H11BrO2. The highest BCUT2D eigenvalue weighted by Gasteiger charge is 1.87. The summed E-state index contributed by atoms with van der Waals surface area (Å²) in [5.41, 5.74) is 0. The Morgan fingerprint density at radius 2 is 2.30 bits per heavy atom. The minimum Gasteiger partial charge on any atom is -0.466 e. The number of hydrogen-bond acceptors (Lipinski definition) is 2. The van der Waals surface area contributed by atoms with E-state index in [4.69, 9.17) is 0 Å². The smallest absolute Gasteiger partial charge is 0.302 e. The molecule has 0 bridgehead atoms. The molecule has 0 aliphatic heterocycles. The van der Waals surface area contributed by atoms with Gasteiger partial charge in [0, 0.05) is 12.3 Å². The van der Waals surface area contributed by atoms with Gasteiger partial charge < -0.3 is 4.74 Å². The largest absolute Gasteiger partial charge is 0.466 e. The zero-order valence-electron chi connectivity index (χ0n) is 5.97. The highest BCUT2D eigenvalue weighted by Crippen LogP contribution is 1.88. The Labute approximate surface area is 69.4 Å². The SMILES string of the molecule is CC(=O)OCC/C=C/CBr. The average molecular weight is 207 g/mol. The third-order valence-corrected chi connectivity index (χ3v) is 1.22. The Kier molecular flexibility index (Phi) is 6.59. The fourth-order valence-electron chi connectivity index (χ4n) is 0.452. The lowest BCUT2D eigenvalue weighted by Crippen LogP contribution is -1.98. The normalized spacial score (nSPS) is 10.2. The maximum Gasteiger partial charge on any atom is 0.302 e. The number of alkyl halides is 1. The second-order valence-electron chi connectivity index (χ2n) is 1.75. The summed E-state index contributed by atoms with van der Waals surface area (Å²) in [6, 6.07) is 0. The van der Waals surface area contributed by atoms with E-state index in [0.29, 0.717) is 6.61 Å². The highest BCUT2D eigenvalue weighted by molar-refractivity contribution is 9.09. The lowest BCUT2D eigenvalue weighted by atomic mass is 10.4. The van der Waals surface area contributed by atoms with Crippen molar-refractivity contribution < 1.29 is 9.53 Å². The molecule has 3 heteroatoms. The first kappa shape index (κ1) is 9.69. The first-order chi connectivity index (χ1) is 4.77. The maximum absolute atomic E-state index is 10.2. The van der Waals surface area contributed by atoms with E-state index in [1.165, 1.54) is 6.92 Å². The van der Waals surface area contributed by atoms with Crippen LogP contribution in [0.1, 0.15) is 13.3 Å². The number of esters is 1. The fraction of sp³-hybridized carbons (Fsp3) is 0.571. The van der Waals surface area contributed by atoms with Crippen LogP contribution in [-0.4, -0.2) is 17.9 Å². The van der Waals surface area contributed by atoms with Crippen molar-refractivity contribution in [3.63, 3.8) is 0 Å². The fourth-order valence-corrected chi connectivity index (χ4v) is 0.716. The van der Waals surface area contributed by atoms with Crippen molar-refractivity contribution in [1.82, 2.24) is 0 Å². The van der Waals surface area contributed by atoms with Gasteiger partial charge in [-0.1, -0.05) is 28.1 Å². The summed E-state index contributed by atoms with van der Waals surface area (Å²) in [7, 11) is 0. The number of hydrogen-bond donors (Lipinski definition) is 0. The minimum atomic E-state index is -0.216. The summed E-state index contributed by atoms with van der Waals surface area (Å²) < 4.78 is 4.68. The Bertz CT molecular complexity index is 121. The van der Waals surface area contributed by atoms with Gasteiger partial charge in [0.1, 0.15) is 0 Å². The van der Waals surface area contributed by atoms with Crippen LogP contribution < -0.4 is 0 Å². The molecule has 0 saturated heterocycles. The van der Waals surface area contributed by atoms with Gasteiger partial charge in [-0.3, -0.25) is 4.79 Å². The summed E-state index contributed by atoms with van der Waals surface area (Å²) in [6.07, 6.45) is 4.74. The molecule has 0 fully saturated rings. The van der Waals surface area contributed by atoms with Gasteiger partial charge in [0.15, 0.2) is 0 Å². The Morgan fingerprint density at radius 1 is 1.60 bits per heavy atom.